The predicted molar refractivity (Wildman–Crippen MR) is 44.2 cm³/mol. The van der Waals surface area contributed by atoms with Crippen molar-refractivity contribution < 1.29 is 4.52 Å². The third kappa shape index (κ3) is 1.03. The number of aryl methyl sites for hydroxylation is 1. The zero-order valence-corrected chi connectivity index (χ0v) is 7.42. The first-order valence-corrected chi connectivity index (χ1v) is 3.94. The second-order valence-electron chi connectivity index (χ2n) is 2.27. The Balaban J connectivity index is 2.87. The molecule has 0 aliphatic carbocycles. The molecule has 0 atom stereocenters. The van der Waals surface area contributed by atoms with E-state index >= 15 is 0 Å². The second-order valence-corrected chi connectivity index (χ2v) is 3.19. The van der Waals surface area contributed by atoms with Crippen LogP contribution in [0.5, 0.6) is 0 Å². The zero-order valence-electron chi connectivity index (χ0n) is 5.84. The molecule has 2 aromatic rings. The van der Waals surface area contributed by atoms with E-state index < -0.39 is 0 Å². The maximum Gasteiger partial charge on any atom is 0.257 e. The van der Waals surface area contributed by atoms with Crippen LogP contribution in [-0.4, -0.2) is 10.1 Å². The molecule has 0 amide bonds. The molecule has 0 saturated carbocycles. The van der Waals surface area contributed by atoms with E-state index in [0.717, 1.165) is 15.6 Å². The largest absolute Gasteiger partial charge is 0.336 e. The quantitative estimate of drug-likeness (QED) is 0.673. The van der Waals surface area contributed by atoms with Crippen LogP contribution >= 0.6 is 15.9 Å². The van der Waals surface area contributed by atoms with Crippen LogP contribution in [0.2, 0.25) is 0 Å². The topological polar surface area (TPSA) is 38.9 Å². The highest BCUT2D eigenvalue weighted by Crippen LogP contribution is 2.19. The van der Waals surface area contributed by atoms with Gasteiger partial charge in [0.15, 0.2) is 0 Å². The highest BCUT2D eigenvalue weighted by Gasteiger charge is 2.03. The molecule has 4 heteroatoms. The number of nitrogens with zero attached hydrogens (tertiary/aromatic N) is 2. The number of hydrogen-bond acceptors (Lipinski definition) is 3. The summed E-state index contributed by atoms with van der Waals surface area (Å²) in [6.07, 6.45) is 1.69. The summed E-state index contributed by atoms with van der Waals surface area (Å²) in [4.78, 5) is 4.03. The van der Waals surface area contributed by atoms with Crippen molar-refractivity contribution >= 4 is 27.0 Å². The molecular formula is C7H5BrN2O. The van der Waals surface area contributed by atoms with Crippen LogP contribution in [0.25, 0.3) is 11.1 Å². The molecule has 0 radical (unpaired) electrons. The lowest BCUT2D eigenvalue weighted by Gasteiger charge is -1.87. The van der Waals surface area contributed by atoms with Gasteiger partial charge in [0, 0.05) is 10.7 Å². The highest BCUT2D eigenvalue weighted by molar-refractivity contribution is 9.10. The zero-order chi connectivity index (χ0) is 7.84. The fraction of sp³-hybridized carbons (Fsp3) is 0.143. The van der Waals surface area contributed by atoms with Gasteiger partial charge in [-0.1, -0.05) is 5.16 Å². The molecule has 56 valence electrons. The molecular weight excluding hydrogens is 208 g/mol. The summed E-state index contributed by atoms with van der Waals surface area (Å²) in [6.45, 7) is 1.89. The van der Waals surface area contributed by atoms with E-state index in [1.165, 1.54) is 0 Å². The van der Waals surface area contributed by atoms with E-state index in [-0.39, 0.29) is 0 Å². The Morgan fingerprint density at radius 3 is 3.18 bits per heavy atom. The Morgan fingerprint density at radius 2 is 2.36 bits per heavy atom. The summed E-state index contributed by atoms with van der Waals surface area (Å²) >= 11 is 3.32. The fourth-order valence-corrected chi connectivity index (χ4v) is 1.25. The number of hydrogen-bond donors (Lipinski definition) is 0. The number of halogens is 1. The average Bonchev–Trinajstić information content (AvgIpc) is 2.33. The average molecular weight is 213 g/mol. The first-order chi connectivity index (χ1) is 5.27. The molecule has 0 fully saturated rings. The Labute approximate surface area is 71.5 Å². The first kappa shape index (κ1) is 6.79. The third-order valence-electron chi connectivity index (χ3n) is 1.48. The molecule has 0 aliphatic rings. The summed E-state index contributed by atoms with van der Waals surface area (Å²) in [6, 6.07) is 1.94. The minimum Gasteiger partial charge on any atom is -0.336 e. The normalized spacial score (nSPS) is 10.7. The molecule has 3 nitrogen and oxygen atoms in total. The van der Waals surface area contributed by atoms with Gasteiger partial charge >= 0.3 is 0 Å². The fourth-order valence-electron chi connectivity index (χ4n) is 0.920. The summed E-state index contributed by atoms with van der Waals surface area (Å²) in [5, 5.41) is 4.74. The second kappa shape index (κ2) is 2.30. The Bertz CT molecular complexity index is 396. The van der Waals surface area contributed by atoms with Gasteiger partial charge in [0.05, 0.1) is 11.1 Å². The lowest BCUT2D eigenvalue weighted by molar-refractivity contribution is 0.443. The van der Waals surface area contributed by atoms with Crippen LogP contribution in [0, 0.1) is 6.92 Å². The van der Waals surface area contributed by atoms with Crippen molar-refractivity contribution in [1.29, 1.82) is 0 Å². The van der Waals surface area contributed by atoms with Crippen molar-refractivity contribution in [3.8, 4) is 0 Å². The molecule has 0 aliphatic heterocycles. The predicted octanol–water partition coefficient (Wildman–Crippen LogP) is 2.29. The lowest BCUT2D eigenvalue weighted by atomic mass is 10.3. The van der Waals surface area contributed by atoms with E-state index in [2.05, 4.69) is 26.1 Å². The van der Waals surface area contributed by atoms with Gasteiger partial charge in [0.25, 0.3) is 5.71 Å². The maximum absolute atomic E-state index is 4.92. The maximum atomic E-state index is 4.92. The number of rotatable bonds is 0. The van der Waals surface area contributed by atoms with E-state index in [0.29, 0.717) is 5.71 Å². The molecule has 0 unspecified atom stereocenters. The summed E-state index contributed by atoms with van der Waals surface area (Å²) in [5.41, 5.74) is 1.46. The number of pyridine rings is 1. The molecule has 0 N–H and O–H groups in total. The number of aromatic nitrogens is 2. The van der Waals surface area contributed by atoms with Crippen LogP contribution in [0.3, 0.4) is 0 Å². The van der Waals surface area contributed by atoms with Crippen molar-refractivity contribution in [2.24, 2.45) is 0 Å². The lowest BCUT2D eigenvalue weighted by Crippen LogP contribution is -1.73. The Kier molecular flexibility index (Phi) is 1.42. The molecule has 2 heterocycles. The summed E-state index contributed by atoms with van der Waals surface area (Å²) < 4.78 is 5.86. The van der Waals surface area contributed by atoms with Gasteiger partial charge in [-0.05, 0) is 28.9 Å². The van der Waals surface area contributed by atoms with Crippen LogP contribution in [0.15, 0.2) is 21.3 Å². The molecule has 2 rings (SSSR count). The molecule has 2 aromatic heterocycles. The number of fused-ring (bicyclic) bond motifs is 1. The first-order valence-electron chi connectivity index (χ1n) is 3.15. The van der Waals surface area contributed by atoms with Crippen molar-refractivity contribution in [3.05, 3.63) is 22.4 Å². The standard InChI is InChI=1S/C7H5BrN2O/c1-4-6-2-5(8)3-9-7(6)11-10-4/h2-3H,1H3. The van der Waals surface area contributed by atoms with Crippen molar-refractivity contribution in [1.82, 2.24) is 10.1 Å². The Morgan fingerprint density at radius 1 is 1.55 bits per heavy atom. The molecule has 0 bridgehead atoms. The van der Waals surface area contributed by atoms with Crippen molar-refractivity contribution in [2.45, 2.75) is 6.92 Å². The minimum atomic E-state index is 0.589. The summed E-state index contributed by atoms with van der Waals surface area (Å²) in [7, 11) is 0. The van der Waals surface area contributed by atoms with Gasteiger partial charge in [-0.3, -0.25) is 0 Å². The Hall–Kier alpha value is -0.900. The van der Waals surface area contributed by atoms with Crippen LogP contribution < -0.4 is 0 Å². The van der Waals surface area contributed by atoms with Crippen molar-refractivity contribution in [2.75, 3.05) is 0 Å². The van der Waals surface area contributed by atoms with Gasteiger partial charge < -0.3 is 4.52 Å². The van der Waals surface area contributed by atoms with Gasteiger partial charge in [0.1, 0.15) is 0 Å². The molecule has 11 heavy (non-hydrogen) atoms. The highest BCUT2D eigenvalue weighted by atomic mass is 79.9. The van der Waals surface area contributed by atoms with Crippen LogP contribution in [0.1, 0.15) is 5.69 Å². The van der Waals surface area contributed by atoms with Crippen LogP contribution in [-0.2, 0) is 0 Å². The molecule has 0 saturated heterocycles. The SMILES string of the molecule is Cc1noc2ncc(Br)cc12. The third-order valence-corrected chi connectivity index (χ3v) is 1.91. The van der Waals surface area contributed by atoms with E-state index in [1.54, 1.807) is 6.20 Å². The smallest absolute Gasteiger partial charge is 0.257 e. The van der Waals surface area contributed by atoms with Gasteiger partial charge in [-0.2, -0.15) is 0 Å². The van der Waals surface area contributed by atoms with E-state index in [9.17, 15) is 0 Å². The van der Waals surface area contributed by atoms with Crippen molar-refractivity contribution in [3.63, 3.8) is 0 Å². The van der Waals surface area contributed by atoms with Gasteiger partial charge in [-0.25, -0.2) is 4.98 Å². The van der Waals surface area contributed by atoms with E-state index in [1.807, 2.05) is 13.0 Å². The molecule has 0 aromatic carbocycles. The van der Waals surface area contributed by atoms with E-state index in [4.69, 9.17) is 4.52 Å². The molecule has 0 spiro atoms. The monoisotopic (exact) mass is 212 g/mol. The minimum absolute atomic E-state index is 0.589. The van der Waals surface area contributed by atoms with Gasteiger partial charge in [-0.15, -0.1) is 0 Å². The summed E-state index contributed by atoms with van der Waals surface area (Å²) in [5.74, 6) is 0. The van der Waals surface area contributed by atoms with Gasteiger partial charge in [0.2, 0.25) is 0 Å². The van der Waals surface area contributed by atoms with Crippen LogP contribution in [0.4, 0.5) is 0 Å².